The number of methoxy groups -OCH3 is 1. The Morgan fingerprint density at radius 2 is 1.78 bits per heavy atom. The Morgan fingerprint density at radius 1 is 1.03 bits per heavy atom. The van der Waals surface area contributed by atoms with Crippen molar-refractivity contribution in [2.45, 2.75) is 11.8 Å². The minimum atomic E-state index is -3.51. The third-order valence-corrected chi connectivity index (χ3v) is 6.88. The smallest absolute Gasteiger partial charge is 0.238 e. The van der Waals surface area contributed by atoms with Crippen molar-refractivity contribution >= 4 is 20.7 Å². The molecule has 4 aromatic rings. The summed E-state index contributed by atoms with van der Waals surface area (Å²) in [5, 5.41) is 0.745. The number of aryl methyl sites for hydroxylation is 1. The molecular formula is C23H20F2N2O4S. The highest BCUT2D eigenvalue weighted by Crippen LogP contribution is 2.41. The number of sulfone groups is 1. The molecule has 0 spiro atoms. The number of fused-ring (bicyclic) bond motifs is 1. The zero-order valence-corrected chi connectivity index (χ0v) is 18.4. The van der Waals surface area contributed by atoms with E-state index in [1.54, 1.807) is 30.0 Å². The van der Waals surface area contributed by atoms with Crippen molar-refractivity contribution in [3.63, 3.8) is 0 Å². The molecule has 0 saturated heterocycles. The monoisotopic (exact) mass is 458 g/mol. The van der Waals surface area contributed by atoms with Crippen LogP contribution >= 0.6 is 0 Å². The first-order valence-corrected chi connectivity index (χ1v) is 11.4. The first-order valence-electron chi connectivity index (χ1n) is 9.73. The molecule has 0 radical (unpaired) electrons. The van der Waals surface area contributed by atoms with E-state index in [2.05, 4.69) is 4.98 Å². The fourth-order valence-corrected chi connectivity index (χ4v) is 4.44. The van der Waals surface area contributed by atoms with Gasteiger partial charge in [0.15, 0.2) is 21.4 Å². The summed E-state index contributed by atoms with van der Waals surface area (Å²) in [5.74, 6) is -1.24. The quantitative estimate of drug-likeness (QED) is 0.401. The van der Waals surface area contributed by atoms with Crippen LogP contribution in [-0.2, 0) is 16.9 Å². The molecule has 0 atom stereocenters. The number of rotatable bonds is 6. The van der Waals surface area contributed by atoms with Crippen molar-refractivity contribution in [1.82, 2.24) is 9.55 Å². The van der Waals surface area contributed by atoms with E-state index in [0.29, 0.717) is 22.5 Å². The van der Waals surface area contributed by atoms with E-state index in [1.807, 2.05) is 7.05 Å². The fourth-order valence-electron chi connectivity index (χ4n) is 3.53. The van der Waals surface area contributed by atoms with Gasteiger partial charge in [0.2, 0.25) is 5.88 Å². The predicted octanol–water partition coefficient (Wildman–Crippen LogP) is 5.11. The molecule has 0 aliphatic carbocycles. The van der Waals surface area contributed by atoms with Gasteiger partial charge in [-0.15, -0.1) is 0 Å². The van der Waals surface area contributed by atoms with Crippen molar-refractivity contribution in [3.05, 3.63) is 66.5 Å². The minimum absolute atomic E-state index is 0.0769. The van der Waals surface area contributed by atoms with Gasteiger partial charge in [-0.3, -0.25) is 0 Å². The molecule has 2 aromatic heterocycles. The molecule has 6 nitrogen and oxygen atoms in total. The number of aromatic nitrogens is 2. The van der Waals surface area contributed by atoms with E-state index in [-0.39, 0.29) is 22.1 Å². The van der Waals surface area contributed by atoms with E-state index in [4.69, 9.17) is 9.47 Å². The minimum Gasteiger partial charge on any atom is -0.479 e. The molecular weight excluding hydrogens is 438 g/mol. The van der Waals surface area contributed by atoms with E-state index in [9.17, 15) is 17.2 Å². The van der Waals surface area contributed by atoms with Crippen molar-refractivity contribution in [1.29, 1.82) is 0 Å². The summed E-state index contributed by atoms with van der Waals surface area (Å²) in [7, 11) is -0.197. The molecule has 0 N–H and O–H groups in total. The van der Waals surface area contributed by atoms with Crippen molar-refractivity contribution in [3.8, 4) is 28.5 Å². The molecule has 0 amide bonds. The maximum atomic E-state index is 14.3. The van der Waals surface area contributed by atoms with Gasteiger partial charge in [-0.05, 0) is 36.4 Å². The molecule has 0 saturated carbocycles. The topological polar surface area (TPSA) is 70.4 Å². The summed E-state index contributed by atoms with van der Waals surface area (Å²) in [6, 6.07) is 9.14. The van der Waals surface area contributed by atoms with E-state index in [0.717, 1.165) is 17.5 Å². The zero-order valence-electron chi connectivity index (χ0n) is 17.6. The first kappa shape index (κ1) is 21.8. The molecule has 2 aromatic carbocycles. The number of pyridine rings is 1. The van der Waals surface area contributed by atoms with E-state index >= 15 is 0 Å². The second-order valence-electron chi connectivity index (χ2n) is 7.11. The second-order valence-corrected chi connectivity index (χ2v) is 9.39. The number of hydrogen-bond donors (Lipinski definition) is 0. The molecule has 4 rings (SSSR count). The Morgan fingerprint density at radius 3 is 2.47 bits per heavy atom. The lowest BCUT2D eigenvalue weighted by Gasteiger charge is -2.13. The van der Waals surface area contributed by atoms with Crippen LogP contribution in [0.15, 0.2) is 59.8 Å². The summed E-state index contributed by atoms with van der Waals surface area (Å²) in [6.07, 6.45) is 3.37. The molecule has 166 valence electrons. The molecule has 0 fully saturated rings. The van der Waals surface area contributed by atoms with Gasteiger partial charge in [0, 0.05) is 42.0 Å². The highest BCUT2D eigenvalue weighted by Gasteiger charge is 2.21. The van der Waals surface area contributed by atoms with Crippen LogP contribution in [0.2, 0.25) is 0 Å². The van der Waals surface area contributed by atoms with Crippen LogP contribution in [-0.4, -0.2) is 30.8 Å². The van der Waals surface area contributed by atoms with Crippen LogP contribution in [0, 0.1) is 11.6 Å². The highest BCUT2D eigenvalue weighted by atomic mass is 32.2. The lowest BCUT2D eigenvalue weighted by molar-refractivity contribution is 0.401. The van der Waals surface area contributed by atoms with Gasteiger partial charge in [0.05, 0.1) is 17.8 Å². The number of benzene rings is 2. The lowest BCUT2D eigenvalue weighted by Crippen LogP contribution is -2.04. The van der Waals surface area contributed by atoms with Crippen LogP contribution in [0.3, 0.4) is 0 Å². The molecule has 9 heteroatoms. The van der Waals surface area contributed by atoms with Gasteiger partial charge < -0.3 is 14.0 Å². The largest absolute Gasteiger partial charge is 0.479 e. The standard InChI is InChI=1S/C23H20F2N2O4S/c1-4-32(28,29)15-6-8-20(31-21-7-5-14(24)11-19(21)25)17(12-15)18-13-27(2)22-16(18)9-10-26-23(22)30-3/h5-13H,4H2,1-3H3. The van der Waals surface area contributed by atoms with Crippen molar-refractivity contribution < 1.29 is 26.7 Å². The summed E-state index contributed by atoms with van der Waals surface area (Å²) < 4.78 is 65.6. The molecule has 0 unspecified atom stereocenters. The fraction of sp³-hybridized carbons (Fsp3) is 0.174. The molecule has 0 bridgehead atoms. The SMILES string of the molecule is CCS(=O)(=O)c1ccc(Oc2ccc(F)cc2F)c(-c2cn(C)c3c(OC)nccc23)c1. The van der Waals surface area contributed by atoms with Gasteiger partial charge in [-0.2, -0.15) is 0 Å². The number of hydrogen-bond acceptors (Lipinski definition) is 5. The maximum absolute atomic E-state index is 14.3. The van der Waals surface area contributed by atoms with Crippen LogP contribution < -0.4 is 9.47 Å². The molecule has 32 heavy (non-hydrogen) atoms. The maximum Gasteiger partial charge on any atom is 0.238 e. The van der Waals surface area contributed by atoms with Gasteiger partial charge in [0.1, 0.15) is 17.1 Å². The second kappa shape index (κ2) is 8.23. The average Bonchev–Trinajstić information content (AvgIpc) is 3.12. The summed E-state index contributed by atoms with van der Waals surface area (Å²) in [4.78, 5) is 4.33. The van der Waals surface area contributed by atoms with Crippen LogP contribution in [0.4, 0.5) is 8.78 Å². The number of ether oxygens (including phenoxy) is 2. The van der Waals surface area contributed by atoms with Crippen molar-refractivity contribution in [2.24, 2.45) is 7.05 Å². The Bertz CT molecular complexity index is 1430. The van der Waals surface area contributed by atoms with E-state index < -0.39 is 21.5 Å². The third-order valence-electron chi connectivity index (χ3n) is 5.14. The Hall–Kier alpha value is -3.46. The van der Waals surface area contributed by atoms with E-state index in [1.165, 1.54) is 31.4 Å². The Labute approximate surface area is 184 Å². The predicted molar refractivity (Wildman–Crippen MR) is 117 cm³/mol. The number of nitrogens with zero attached hydrogens (tertiary/aromatic N) is 2. The first-order chi connectivity index (χ1) is 15.2. The summed E-state index contributed by atoms with van der Waals surface area (Å²) >= 11 is 0. The Kier molecular flexibility index (Phi) is 5.60. The summed E-state index contributed by atoms with van der Waals surface area (Å²) in [5.41, 5.74) is 1.78. The zero-order chi connectivity index (χ0) is 23.0. The molecule has 0 aliphatic rings. The van der Waals surface area contributed by atoms with Gasteiger partial charge in [0.25, 0.3) is 0 Å². The lowest BCUT2D eigenvalue weighted by atomic mass is 10.0. The van der Waals surface area contributed by atoms with Gasteiger partial charge in [-0.25, -0.2) is 22.2 Å². The molecule has 2 heterocycles. The van der Waals surface area contributed by atoms with Crippen LogP contribution in [0.5, 0.6) is 17.4 Å². The Balaban J connectivity index is 1.97. The summed E-state index contributed by atoms with van der Waals surface area (Å²) in [6.45, 7) is 1.56. The van der Waals surface area contributed by atoms with Gasteiger partial charge >= 0.3 is 0 Å². The highest BCUT2D eigenvalue weighted by molar-refractivity contribution is 7.91. The van der Waals surface area contributed by atoms with Gasteiger partial charge in [-0.1, -0.05) is 6.92 Å². The van der Waals surface area contributed by atoms with Crippen LogP contribution in [0.25, 0.3) is 22.0 Å². The third kappa shape index (κ3) is 3.80. The van der Waals surface area contributed by atoms with Crippen LogP contribution in [0.1, 0.15) is 6.92 Å². The average molecular weight is 458 g/mol. The van der Waals surface area contributed by atoms with Crippen molar-refractivity contribution in [2.75, 3.05) is 12.9 Å². The number of halogens is 2. The molecule has 0 aliphatic heterocycles. The normalized spacial score (nSPS) is 11.7.